The first kappa shape index (κ1) is 15.1. The van der Waals surface area contributed by atoms with Gasteiger partial charge in [-0.15, -0.1) is 13.2 Å². The molecule has 0 N–H and O–H groups in total. The summed E-state index contributed by atoms with van der Waals surface area (Å²) in [5, 5.41) is 1.64. The second-order valence-corrected chi connectivity index (χ2v) is 11.1. The number of rotatable bonds is 7. The Morgan fingerprint density at radius 3 is 2.60 bits per heavy atom. The van der Waals surface area contributed by atoms with Gasteiger partial charge in [0.05, 0.1) is 8.07 Å². The maximum absolute atomic E-state index is 3.95. The maximum atomic E-state index is 3.95. The summed E-state index contributed by atoms with van der Waals surface area (Å²) < 4.78 is 0. The summed E-state index contributed by atoms with van der Waals surface area (Å²) in [6.07, 6.45) is 10.3. The molecule has 0 heterocycles. The number of allylic oxidation sites excluding steroid dienone is 3. The summed E-state index contributed by atoms with van der Waals surface area (Å²) in [5.41, 5.74) is 3.05. The quantitative estimate of drug-likeness (QED) is 0.329. The Balaban J connectivity index is 2.30. The van der Waals surface area contributed by atoms with Gasteiger partial charge in [0.15, 0.2) is 0 Å². The molecule has 1 aromatic carbocycles. The normalized spacial score (nSPS) is 17.5. The van der Waals surface area contributed by atoms with E-state index in [0.29, 0.717) is 5.92 Å². The fourth-order valence-electron chi connectivity index (χ4n) is 3.23. The molecule has 1 aliphatic carbocycles. The van der Waals surface area contributed by atoms with Crippen LogP contribution in [0.3, 0.4) is 0 Å². The number of unbranched alkanes of at least 4 members (excludes halogenated alkanes) is 1. The lowest BCUT2D eigenvalue weighted by Crippen LogP contribution is -2.26. The maximum Gasteiger partial charge on any atom is 0.0847 e. The van der Waals surface area contributed by atoms with Crippen molar-refractivity contribution in [3.05, 3.63) is 66.8 Å². The molecule has 1 heteroatoms. The largest absolute Gasteiger partial charge is 0.103 e. The lowest BCUT2D eigenvalue weighted by atomic mass is 9.95. The van der Waals surface area contributed by atoms with Crippen molar-refractivity contribution in [3.63, 3.8) is 0 Å². The van der Waals surface area contributed by atoms with Crippen molar-refractivity contribution in [1.82, 2.24) is 0 Å². The van der Waals surface area contributed by atoms with Gasteiger partial charge in [0.2, 0.25) is 0 Å². The Labute approximate surface area is 124 Å². The van der Waals surface area contributed by atoms with Crippen LogP contribution in [0, 0.1) is 0 Å². The van der Waals surface area contributed by atoms with Crippen molar-refractivity contribution < 1.29 is 0 Å². The second kappa shape index (κ2) is 6.40. The molecule has 20 heavy (non-hydrogen) atoms. The van der Waals surface area contributed by atoms with Gasteiger partial charge in [-0.05, 0) is 36.4 Å². The van der Waals surface area contributed by atoms with Gasteiger partial charge in [-0.3, -0.25) is 0 Å². The van der Waals surface area contributed by atoms with E-state index < -0.39 is 8.07 Å². The molecule has 1 aromatic rings. The van der Waals surface area contributed by atoms with Gasteiger partial charge in [0.25, 0.3) is 0 Å². The van der Waals surface area contributed by atoms with E-state index >= 15 is 0 Å². The van der Waals surface area contributed by atoms with Crippen LogP contribution in [0.4, 0.5) is 0 Å². The Morgan fingerprint density at radius 1 is 1.15 bits per heavy atom. The fourth-order valence-corrected chi connectivity index (χ4v) is 5.78. The SMILES string of the molecule is C=CCCC[C@H]1C=C([Si](C)(C)CC=C)c2ccccc21. The topological polar surface area (TPSA) is 0 Å². The molecule has 0 saturated carbocycles. The van der Waals surface area contributed by atoms with E-state index in [-0.39, 0.29) is 0 Å². The molecule has 0 aromatic heterocycles. The minimum Gasteiger partial charge on any atom is -0.103 e. The molecule has 0 unspecified atom stereocenters. The van der Waals surface area contributed by atoms with Crippen molar-refractivity contribution in [2.45, 2.75) is 44.3 Å². The molecule has 0 radical (unpaired) electrons. The van der Waals surface area contributed by atoms with Gasteiger partial charge < -0.3 is 0 Å². The molecule has 0 amide bonds. The Morgan fingerprint density at radius 2 is 1.90 bits per heavy atom. The van der Waals surface area contributed by atoms with Crippen LogP contribution in [0.15, 0.2) is 55.7 Å². The van der Waals surface area contributed by atoms with Crippen molar-refractivity contribution in [2.24, 2.45) is 0 Å². The van der Waals surface area contributed by atoms with Crippen LogP contribution >= 0.6 is 0 Å². The monoisotopic (exact) mass is 282 g/mol. The highest BCUT2D eigenvalue weighted by Gasteiger charge is 2.32. The summed E-state index contributed by atoms with van der Waals surface area (Å²) in [7, 11) is -1.39. The number of hydrogen-bond donors (Lipinski definition) is 0. The van der Waals surface area contributed by atoms with Gasteiger partial charge in [0, 0.05) is 5.92 Å². The molecule has 2 rings (SSSR count). The highest BCUT2D eigenvalue weighted by molar-refractivity contribution is 6.95. The van der Waals surface area contributed by atoms with Crippen LogP contribution in [0.5, 0.6) is 0 Å². The van der Waals surface area contributed by atoms with E-state index in [1.54, 1.807) is 5.20 Å². The van der Waals surface area contributed by atoms with E-state index in [1.165, 1.54) is 24.0 Å². The fraction of sp³-hybridized carbons (Fsp3) is 0.368. The summed E-state index contributed by atoms with van der Waals surface area (Å²) in [6.45, 7) is 12.7. The number of fused-ring (bicyclic) bond motifs is 1. The molecule has 1 aliphatic rings. The molecule has 0 bridgehead atoms. The average Bonchev–Trinajstić information content (AvgIpc) is 2.79. The summed E-state index contributed by atoms with van der Waals surface area (Å²) in [4.78, 5) is 0. The highest BCUT2D eigenvalue weighted by atomic mass is 28.3. The lowest BCUT2D eigenvalue weighted by molar-refractivity contribution is 0.692. The van der Waals surface area contributed by atoms with Crippen LogP contribution < -0.4 is 0 Å². The first-order valence-corrected chi connectivity index (χ1v) is 10.8. The zero-order valence-electron chi connectivity index (χ0n) is 12.9. The van der Waals surface area contributed by atoms with E-state index in [0.717, 1.165) is 12.5 Å². The van der Waals surface area contributed by atoms with Crippen LogP contribution in [-0.2, 0) is 0 Å². The van der Waals surface area contributed by atoms with Crippen LogP contribution in [0.25, 0.3) is 5.20 Å². The standard InChI is InChI=1S/C19H26Si/c1-5-7-8-11-16-15-19(20(3,4)14-6-2)18-13-10-9-12-17(16)18/h5-6,9-10,12-13,15-16H,1-2,7-8,11,14H2,3-4H3/t16-/m0/s1. The van der Waals surface area contributed by atoms with Crippen LogP contribution in [0.1, 0.15) is 36.3 Å². The van der Waals surface area contributed by atoms with Crippen molar-refractivity contribution in [2.75, 3.05) is 0 Å². The van der Waals surface area contributed by atoms with E-state index in [2.05, 4.69) is 62.7 Å². The predicted octanol–water partition coefficient (Wildman–Crippen LogP) is 5.96. The van der Waals surface area contributed by atoms with Crippen LogP contribution in [-0.4, -0.2) is 8.07 Å². The van der Waals surface area contributed by atoms with Gasteiger partial charge in [-0.2, -0.15) is 0 Å². The molecule has 0 aliphatic heterocycles. The Bertz CT molecular complexity index is 522. The first-order valence-electron chi connectivity index (χ1n) is 7.63. The Kier molecular flexibility index (Phi) is 4.82. The van der Waals surface area contributed by atoms with Crippen molar-refractivity contribution in [3.8, 4) is 0 Å². The predicted molar refractivity (Wildman–Crippen MR) is 93.7 cm³/mol. The molecule has 106 valence electrons. The Hall–Kier alpha value is -1.34. The van der Waals surface area contributed by atoms with Gasteiger partial charge in [-0.25, -0.2) is 0 Å². The van der Waals surface area contributed by atoms with Crippen LogP contribution in [0.2, 0.25) is 19.1 Å². The molecule has 0 nitrogen and oxygen atoms in total. The van der Waals surface area contributed by atoms with Crippen molar-refractivity contribution >= 4 is 13.3 Å². The lowest BCUT2D eigenvalue weighted by Gasteiger charge is -2.23. The molecule has 1 atom stereocenters. The molecular weight excluding hydrogens is 256 g/mol. The van der Waals surface area contributed by atoms with E-state index in [1.807, 2.05) is 6.08 Å². The van der Waals surface area contributed by atoms with Gasteiger partial charge in [0.1, 0.15) is 0 Å². The van der Waals surface area contributed by atoms with E-state index in [4.69, 9.17) is 0 Å². The third kappa shape index (κ3) is 3.04. The smallest absolute Gasteiger partial charge is 0.0847 e. The number of benzene rings is 1. The minimum atomic E-state index is -1.39. The number of hydrogen-bond acceptors (Lipinski definition) is 0. The summed E-state index contributed by atoms with van der Waals surface area (Å²) >= 11 is 0. The first-order chi connectivity index (χ1) is 9.60. The summed E-state index contributed by atoms with van der Waals surface area (Å²) in [6, 6.07) is 10.1. The van der Waals surface area contributed by atoms with Gasteiger partial charge in [-0.1, -0.05) is 60.8 Å². The zero-order valence-corrected chi connectivity index (χ0v) is 13.9. The third-order valence-corrected chi connectivity index (χ3v) is 7.53. The zero-order chi connectivity index (χ0) is 14.6. The van der Waals surface area contributed by atoms with Gasteiger partial charge >= 0.3 is 0 Å². The molecule has 0 fully saturated rings. The van der Waals surface area contributed by atoms with E-state index in [9.17, 15) is 0 Å². The summed E-state index contributed by atoms with van der Waals surface area (Å²) in [5.74, 6) is 0.609. The third-order valence-electron chi connectivity index (χ3n) is 4.33. The molecule has 0 spiro atoms. The molecule has 0 saturated heterocycles. The minimum absolute atomic E-state index is 0.609. The average molecular weight is 283 g/mol. The second-order valence-electron chi connectivity index (χ2n) is 6.37. The highest BCUT2D eigenvalue weighted by Crippen LogP contribution is 2.43. The van der Waals surface area contributed by atoms with Crippen molar-refractivity contribution in [1.29, 1.82) is 0 Å². The molecular formula is C19H26Si.